The predicted molar refractivity (Wildman–Crippen MR) is 118 cm³/mol. The van der Waals surface area contributed by atoms with Gasteiger partial charge >= 0.3 is 0 Å². The number of nitrogens with one attached hydrogen (secondary N) is 1. The molecule has 0 aliphatic carbocycles. The van der Waals surface area contributed by atoms with Gasteiger partial charge in [-0.25, -0.2) is 9.29 Å². The smallest absolute Gasteiger partial charge is 0.283 e. The highest BCUT2D eigenvalue weighted by atomic mass is 32.2. The molecule has 0 bridgehead atoms. The number of rotatable bonds is 5. The number of hydrogen-bond donors (Lipinski definition) is 1. The van der Waals surface area contributed by atoms with Crippen LogP contribution in [0.5, 0.6) is 0 Å². The molecule has 0 fully saturated rings. The Morgan fingerprint density at radius 1 is 0.833 bits per heavy atom. The van der Waals surface area contributed by atoms with E-state index in [2.05, 4.69) is 5.32 Å². The molecule has 0 aromatic heterocycles. The van der Waals surface area contributed by atoms with Gasteiger partial charge in [0.15, 0.2) is 0 Å². The molecule has 1 heterocycles. The zero-order chi connectivity index (χ0) is 21.3. The first-order valence-corrected chi connectivity index (χ1v) is 10.2. The minimum atomic E-state index is -0.629. The number of carbonyl (C=O) groups excluding carboxylic acids is 2. The van der Waals surface area contributed by atoms with Crippen LogP contribution in [0, 0.1) is 19.7 Å². The van der Waals surface area contributed by atoms with Crippen molar-refractivity contribution in [1.82, 2.24) is 0 Å². The van der Waals surface area contributed by atoms with Crippen molar-refractivity contribution >= 4 is 35.0 Å². The number of thioether (sulfide) groups is 1. The molecule has 4 rings (SSSR count). The first-order valence-electron chi connectivity index (χ1n) is 9.40. The van der Waals surface area contributed by atoms with Gasteiger partial charge in [0.1, 0.15) is 16.4 Å². The number of para-hydroxylation sites is 1. The molecule has 0 atom stereocenters. The second-order valence-corrected chi connectivity index (χ2v) is 8.02. The summed E-state index contributed by atoms with van der Waals surface area (Å²) in [5.74, 6) is -1.76. The average molecular weight is 418 g/mol. The van der Waals surface area contributed by atoms with E-state index in [9.17, 15) is 14.0 Å². The molecular formula is C24H19FN2O2S. The van der Waals surface area contributed by atoms with Gasteiger partial charge in [0.25, 0.3) is 11.8 Å². The van der Waals surface area contributed by atoms with Gasteiger partial charge in [-0.05, 0) is 61.4 Å². The molecule has 0 saturated carbocycles. The van der Waals surface area contributed by atoms with Gasteiger partial charge < -0.3 is 5.32 Å². The van der Waals surface area contributed by atoms with Crippen molar-refractivity contribution in [2.75, 3.05) is 10.2 Å². The summed E-state index contributed by atoms with van der Waals surface area (Å²) in [4.78, 5) is 28.4. The first kappa shape index (κ1) is 19.9. The molecule has 6 heteroatoms. The number of nitrogens with zero attached hydrogens (tertiary/aromatic N) is 1. The molecule has 0 radical (unpaired) electrons. The van der Waals surface area contributed by atoms with E-state index in [4.69, 9.17) is 0 Å². The third-order valence-electron chi connectivity index (χ3n) is 4.87. The SMILES string of the molecule is Cc1ccc(NC2=C(Sc3ccccc3)C(=O)N(c3ccccc3F)C2=O)cc1C. The summed E-state index contributed by atoms with van der Waals surface area (Å²) >= 11 is 1.18. The summed E-state index contributed by atoms with van der Waals surface area (Å²) in [6.45, 7) is 3.97. The highest BCUT2D eigenvalue weighted by molar-refractivity contribution is 8.04. The zero-order valence-electron chi connectivity index (χ0n) is 16.5. The van der Waals surface area contributed by atoms with Crippen molar-refractivity contribution in [3.05, 3.63) is 100 Å². The number of aryl methyl sites for hydroxylation is 2. The normalized spacial score (nSPS) is 13.9. The van der Waals surface area contributed by atoms with Gasteiger partial charge in [-0.15, -0.1) is 0 Å². The molecule has 0 unspecified atom stereocenters. The number of benzene rings is 3. The molecule has 2 amide bonds. The summed E-state index contributed by atoms with van der Waals surface area (Å²) in [5, 5.41) is 3.10. The highest BCUT2D eigenvalue weighted by Crippen LogP contribution is 2.38. The van der Waals surface area contributed by atoms with Crippen molar-refractivity contribution in [1.29, 1.82) is 0 Å². The summed E-state index contributed by atoms with van der Waals surface area (Å²) in [5.41, 5.74) is 2.95. The average Bonchev–Trinajstić information content (AvgIpc) is 2.96. The number of imide groups is 1. The molecule has 0 spiro atoms. The minimum Gasteiger partial charge on any atom is -0.350 e. The Hall–Kier alpha value is -3.38. The lowest BCUT2D eigenvalue weighted by Crippen LogP contribution is -2.33. The van der Waals surface area contributed by atoms with E-state index >= 15 is 0 Å². The molecule has 3 aromatic rings. The lowest BCUT2D eigenvalue weighted by molar-refractivity contribution is -0.120. The Labute approximate surface area is 178 Å². The second-order valence-electron chi connectivity index (χ2n) is 6.94. The number of hydrogen-bond acceptors (Lipinski definition) is 4. The van der Waals surface area contributed by atoms with Crippen LogP contribution in [0.1, 0.15) is 11.1 Å². The van der Waals surface area contributed by atoms with Crippen LogP contribution in [0.3, 0.4) is 0 Å². The molecule has 1 aliphatic heterocycles. The largest absolute Gasteiger partial charge is 0.350 e. The fraction of sp³-hybridized carbons (Fsp3) is 0.0833. The van der Waals surface area contributed by atoms with E-state index in [0.29, 0.717) is 5.69 Å². The van der Waals surface area contributed by atoms with Gasteiger partial charge in [-0.2, -0.15) is 0 Å². The van der Waals surface area contributed by atoms with Crippen molar-refractivity contribution in [3.8, 4) is 0 Å². The highest BCUT2D eigenvalue weighted by Gasteiger charge is 2.41. The van der Waals surface area contributed by atoms with Gasteiger partial charge in [0, 0.05) is 10.6 Å². The van der Waals surface area contributed by atoms with E-state index in [-0.39, 0.29) is 16.3 Å². The Balaban J connectivity index is 1.77. The topological polar surface area (TPSA) is 49.4 Å². The van der Waals surface area contributed by atoms with Crippen LogP contribution >= 0.6 is 11.8 Å². The quantitative estimate of drug-likeness (QED) is 0.561. The van der Waals surface area contributed by atoms with E-state index in [0.717, 1.165) is 20.9 Å². The second kappa shape index (κ2) is 8.16. The number of carbonyl (C=O) groups is 2. The molecule has 30 heavy (non-hydrogen) atoms. The molecular weight excluding hydrogens is 399 g/mol. The van der Waals surface area contributed by atoms with E-state index < -0.39 is 17.6 Å². The van der Waals surface area contributed by atoms with Crippen LogP contribution in [-0.4, -0.2) is 11.8 Å². The Bertz CT molecular complexity index is 1170. The van der Waals surface area contributed by atoms with Crippen LogP contribution in [0.15, 0.2) is 88.3 Å². The summed E-state index contributed by atoms with van der Waals surface area (Å²) in [7, 11) is 0. The number of amides is 2. The summed E-state index contributed by atoms with van der Waals surface area (Å²) in [6, 6.07) is 20.8. The van der Waals surface area contributed by atoms with Crippen LogP contribution in [0.2, 0.25) is 0 Å². The first-order chi connectivity index (χ1) is 14.5. The van der Waals surface area contributed by atoms with Gasteiger partial charge in [0.2, 0.25) is 0 Å². The van der Waals surface area contributed by atoms with Crippen molar-refractivity contribution in [2.24, 2.45) is 0 Å². The van der Waals surface area contributed by atoms with Crippen LogP contribution in [0.4, 0.5) is 15.8 Å². The van der Waals surface area contributed by atoms with Crippen molar-refractivity contribution in [2.45, 2.75) is 18.7 Å². The standard InChI is InChI=1S/C24H19FN2O2S/c1-15-12-13-17(14-16(15)2)26-21-22(30-18-8-4-3-5-9-18)24(29)27(23(21)28)20-11-7-6-10-19(20)25/h3-14,26H,1-2H3. The third-order valence-corrected chi connectivity index (χ3v) is 5.96. The maximum atomic E-state index is 14.4. The molecule has 3 aromatic carbocycles. The van der Waals surface area contributed by atoms with Gasteiger partial charge in [-0.3, -0.25) is 9.59 Å². The Kier molecular flexibility index (Phi) is 5.42. The number of anilines is 2. The van der Waals surface area contributed by atoms with E-state index in [1.54, 1.807) is 6.07 Å². The molecule has 1 aliphatic rings. The third kappa shape index (κ3) is 3.74. The summed E-state index contributed by atoms with van der Waals surface area (Å²) < 4.78 is 14.4. The van der Waals surface area contributed by atoms with E-state index in [1.165, 1.54) is 30.0 Å². The number of halogens is 1. The Morgan fingerprint density at radius 3 is 2.23 bits per heavy atom. The molecule has 0 saturated heterocycles. The molecule has 150 valence electrons. The van der Waals surface area contributed by atoms with Gasteiger partial charge in [-0.1, -0.05) is 48.2 Å². The fourth-order valence-corrected chi connectivity index (χ4v) is 4.08. The van der Waals surface area contributed by atoms with Crippen LogP contribution in [-0.2, 0) is 9.59 Å². The molecule has 1 N–H and O–H groups in total. The zero-order valence-corrected chi connectivity index (χ0v) is 17.3. The van der Waals surface area contributed by atoms with Crippen molar-refractivity contribution < 1.29 is 14.0 Å². The lowest BCUT2D eigenvalue weighted by Gasteiger charge is -2.16. The minimum absolute atomic E-state index is 0.0597. The molecule has 4 nitrogen and oxygen atoms in total. The van der Waals surface area contributed by atoms with Crippen LogP contribution in [0.25, 0.3) is 0 Å². The summed E-state index contributed by atoms with van der Waals surface area (Å²) in [6.07, 6.45) is 0. The van der Waals surface area contributed by atoms with Crippen LogP contribution < -0.4 is 10.2 Å². The predicted octanol–water partition coefficient (Wildman–Crippen LogP) is 5.43. The lowest BCUT2D eigenvalue weighted by atomic mass is 10.1. The van der Waals surface area contributed by atoms with Crippen molar-refractivity contribution in [3.63, 3.8) is 0 Å². The fourth-order valence-electron chi connectivity index (χ4n) is 3.14. The Morgan fingerprint density at radius 2 is 1.53 bits per heavy atom. The maximum Gasteiger partial charge on any atom is 0.283 e. The monoisotopic (exact) mass is 418 g/mol. The van der Waals surface area contributed by atoms with Gasteiger partial charge in [0.05, 0.1) is 5.69 Å². The maximum absolute atomic E-state index is 14.4. The van der Waals surface area contributed by atoms with E-state index in [1.807, 2.05) is 62.4 Å².